The van der Waals surface area contributed by atoms with Gasteiger partial charge in [0.1, 0.15) is 0 Å². The number of fused-ring (bicyclic) bond motifs is 1. The standard InChI is InChI=1S/C25H27N3O3S/c29-23(27-13-3-4-14-27)19-11-9-18(10-12-19)17-32-25-26-22-8-2-1-7-21(22)24(30)28(25)16-20-6-5-15-31-20/h1-2,7-12,20H,3-6,13-17H2/t20-/m0/s1. The van der Waals surface area contributed by atoms with Crippen LogP contribution in [0.2, 0.25) is 0 Å². The van der Waals surface area contributed by atoms with Crippen LogP contribution in [0.4, 0.5) is 0 Å². The van der Waals surface area contributed by atoms with Crippen molar-refractivity contribution in [3.8, 4) is 0 Å². The van der Waals surface area contributed by atoms with Crippen LogP contribution in [0.25, 0.3) is 10.9 Å². The van der Waals surface area contributed by atoms with Gasteiger partial charge in [-0.05, 0) is 55.5 Å². The van der Waals surface area contributed by atoms with Crippen molar-refractivity contribution in [3.63, 3.8) is 0 Å². The Morgan fingerprint density at radius 2 is 1.84 bits per heavy atom. The van der Waals surface area contributed by atoms with E-state index in [1.165, 1.54) is 0 Å². The molecule has 166 valence electrons. The minimum absolute atomic E-state index is 0.0137. The molecule has 1 amide bonds. The molecule has 7 heteroatoms. The van der Waals surface area contributed by atoms with Crippen molar-refractivity contribution in [1.82, 2.24) is 14.5 Å². The maximum atomic E-state index is 13.2. The van der Waals surface area contributed by atoms with Gasteiger partial charge < -0.3 is 9.64 Å². The van der Waals surface area contributed by atoms with Crippen LogP contribution in [-0.2, 0) is 17.0 Å². The van der Waals surface area contributed by atoms with Crippen LogP contribution in [0.5, 0.6) is 0 Å². The third-order valence-corrected chi connectivity index (χ3v) is 7.25. The Morgan fingerprint density at radius 3 is 2.59 bits per heavy atom. The Labute approximate surface area is 191 Å². The van der Waals surface area contributed by atoms with E-state index in [4.69, 9.17) is 9.72 Å². The number of para-hydroxylation sites is 1. The monoisotopic (exact) mass is 449 g/mol. The van der Waals surface area contributed by atoms with Gasteiger partial charge in [0, 0.05) is 31.0 Å². The first-order chi connectivity index (χ1) is 15.7. The zero-order valence-corrected chi connectivity index (χ0v) is 18.9. The van der Waals surface area contributed by atoms with E-state index in [0.29, 0.717) is 22.8 Å². The average molecular weight is 450 g/mol. The summed E-state index contributed by atoms with van der Waals surface area (Å²) in [6, 6.07) is 15.3. The normalized spacial score (nSPS) is 18.5. The molecule has 3 aromatic rings. The fourth-order valence-corrected chi connectivity index (χ4v) is 5.37. The van der Waals surface area contributed by atoms with Crippen LogP contribution < -0.4 is 5.56 Å². The number of hydrogen-bond acceptors (Lipinski definition) is 5. The summed E-state index contributed by atoms with van der Waals surface area (Å²) in [6.07, 6.45) is 4.24. The van der Waals surface area contributed by atoms with Gasteiger partial charge in [0.25, 0.3) is 11.5 Å². The number of carbonyl (C=O) groups excluding carboxylic acids is 1. The number of hydrogen-bond donors (Lipinski definition) is 0. The summed E-state index contributed by atoms with van der Waals surface area (Å²) < 4.78 is 7.56. The summed E-state index contributed by atoms with van der Waals surface area (Å²) in [5, 5.41) is 1.35. The van der Waals surface area contributed by atoms with Crippen LogP contribution in [0, 0.1) is 0 Å². The highest BCUT2D eigenvalue weighted by atomic mass is 32.2. The maximum absolute atomic E-state index is 13.2. The zero-order valence-electron chi connectivity index (χ0n) is 18.0. The van der Waals surface area contributed by atoms with Crippen molar-refractivity contribution in [3.05, 3.63) is 70.0 Å². The number of rotatable bonds is 6. The van der Waals surface area contributed by atoms with Gasteiger partial charge in [0.15, 0.2) is 5.16 Å². The minimum Gasteiger partial charge on any atom is -0.376 e. The average Bonchev–Trinajstić information content (AvgIpc) is 3.54. The number of aromatic nitrogens is 2. The van der Waals surface area contributed by atoms with Crippen LogP contribution >= 0.6 is 11.8 Å². The van der Waals surface area contributed by atoms with E-state index in [1.54, 1.807) is 16.3 Å². The quantitative estimate of drug-likeness (QED) is 0.419. The van der Waals surface area contributed by atoms with Crippen molar-refractivity contribution in [2.24, 2.45) is 0 Å². The van der Waals surface area contributed by atoms with Gasteiger partial charge in [-0.25, -0.2) is 4.98 Å². The molecule has 0 N–H and O–H groups in total. The molecule has 0 bridgehead atoms. The predicted molar refractivity (Wildman–Crippen MR) is 126 cm³/mol. The molecule has 1 atom stereocenters. The summed E-state index contributed by atoms with van der Waals surface area (Å²) in [7, 11) is 0. The lowest BCUT2D eigenvalue weighted by molar-refractivity contribution is 0.0792. The third kappa shape index (κ3) is 4.45. The molecule has 2 aliphatic heterocycles. The molecular formula is C25H27N3O3S. The highest BCUT2D eigenvalue weighted by Gasteiger charge is 2.21. The molecule has 2 saturated heterocycles. The van der Waals surface area contributed by atoms with E-state index in [1.807, 2.05) is 53.4 Å². The van der Waals surface area contributed by atoms with Crippen molar-refractivity contribution in [2.45, 2.75) is 49.2 Å². The zero-order chi connectivity index (χ0) is 21.9. The predicted octanol–water partition coefficient (Wildman–Crippen LogP) is 4.10. The molecule has 5 rings (SSSR count). The largest absolute Gasteiger partial charge is 0.376 e. The van der Waals surface area contributed by atoms with Gasteiger partial charge in [0.2, 0.25) is 0 Å². The van der Waals surface area contributed by atoms with Gasteiger partial charge >= 0.3 is 0 Å². The number of amides is 1. The topological polar surface area (TPSA) is 64.4 Å². The highest BCUT2D eigenvalue weighted by Crippen LogP contribution is 2.24. The minimum atomic E-state index is -0.0137. The molecule has 2 fully saturated rings. The molecule has 0 saturated carbocycles. The first-order valence-corrected chi connectivity index (χ1v) is 12.3. The Balaban J connectivity index is 1.36. The SMILES string of the molecule is O=C(c1ccc(CSc2nc3ccccc3c(=O)n2C[C@@H]2CCCO2)cc1)N1CCCC1. The summed E-state index contributed by atoms with van der Waals surface area (Å²) in [6.45, 7) is 2.99. The Hall–Kier alpha value is -2.64. The molecule has 3 heterocycles. The van der Waals surface area contributed by atoms with E-state index < -0.39 is 0 Å². The van der Waals surface area contributed by atoms with Crippen molar-refractivity contribution >= 4 is 28.6 Å². The molecule has 32 heavy (non-hydrogen) atoms. The Morgan fingerprint density at radius 1 is 1.06 bits per heavy atom. The second kappa shape index (κ2) is 9.46. The van der Waals surface area contributed by atoms with E-state index in [0.717, 1.165) is 62.0 Å². The maximum Gasteiger partial charge on any atom is 0.262 e. The number of benzene rings is 2. The summed E-state index contributed by atoms with van der Waals surface area (Å²) >= 11 is 1.55. The molecule has 0 unspecified atom stereocenters. The molecule has 6 nitrogen and oxygen atoms in total. The lowest BCUT2D eigenvalue weighted by Crippen LogP contribution is -2.28. The van der Waals surface area contributed by atoms with Gasteiger partial charge in [0.05, 0.1) is 23.6 Å². The Bertz CT molecular complexity index is 1160. The fraction of sp³-hybridized carbons (Fsp3) is 0.400. The van der Waals surface area contributed by atoms with Crippen LogP contribution in [0.3, 0.4) is 0 Å². The second-order valence-electron chi connectivity index (χ2n) is 8.45. The fourth-order valence-electron chi connectivity index (χ4n) is 4.41. The second-order valence-corrected chi connectivity index (χ2v) is 9.39. The Kier molecular flexibility index (Phi) is 6.28. The molecule has 0 spiro atoms. The molecular weight excluding hydrogens is 422 g/mol. The van der Waals surface area contributed by atoms with Crippen molar-refractivity contribution < 1.29 is 9.53 Å². The number of ether oxygens (including phenoxy) is 1. The number of carbonyl (C=O) groups is 1. The molecule has 2 aromatic carbocycles. The van der Waals surface area contributed by atoms with Gasteiger partial charge in [-0.3, -0.25) is 14.2 Å². The lowest BCUT2D eigenvalue weighted by atomic mass is 10.1. The smallest absolute Gasteiger partial charge is 0.262 e. The summed E-state index contributed by atoms with van der Waals surface area (Å²) in [4.78, 5) is 32.5. The lowest BCUT2D eigenvalue weighted by Gasteiger charge is -2.17. The van der Waals surface area contributed by atoms with Crippen LogP contribution in [-0.4, -0.2) is 46.2 Å². The van der Waals surface area contributed by atoms with E-state index >= 15 is 0 Å². The van der Waals surface area contributed by atoms with E-state index in [2.05, 4.69) is 0 Å². The number of likely N-dealkylation sites (tertiary alicyclic amines) is 1. The van der Waals surface area contributed by atoms with Gasteiger partial charge in [-0.1, -0.05) is 36.0 Å². The van der Waals surface area contributed by atoms with E-state index in [-0.39, 0.29) is 17.6 Å². The molecule has 1 aromatic heterocycles. The summed E-state index contributed by atoms with van der Waals surface area (Å²) in [5.74, 6) is 0.789. The highest BCUT2D eigenvalue weighted by molar-refractivity contribution is 7.98. The van der Waals surface area contributed by atoms with Gasteiger partial charge in [-0.15, -0.1) is 0 Å². The van der Waals surface area contributed by atoms with Crippen molar-refractivity contribution in [1.29, 1.82) is 0 Å². The van der Waals surface area contributed by atoms with E-state index in [9.17, 15) is 9.59 Å². The van der Waals surface area contributed by atoms with Gasteiger partial charge in [-0.2, -0.15) is 0 Å². The number of thioether (sulfide) groups is 1. The first kappa shape index (κ1) is 21.2. The number of nitrogens with zero attached hydrogens (tertiary/aromatic N) is 3. The van der Waals surface area contributed by atoms with Crippen molar-refractivity contribution in [2.75, 3.05) is 19.7 Å². The van der Waals surface area contributed by atoms with Crippen LogP contribution in [0.15, 0.2) is 58.5 Å². The molecule has 0 aliphatic carbocycles. The summed E-state index contributed by atoms with van der Waals surface area (Å²) in [5.41, 5.74) is 2.54. The van der Waals surface area contributed by atoms with Crippen LogP contribution in [0.1, 0.15) is 41.6 Å². The first-order valence-electron chi connectivity index (χ1n) is 11.3. The molecule has 0 radical (unpaired) electrons. The third-order valence-electron chi connectivity index (χ3n) is 6.20. The molecule has 2 aliphatic rings.